The summed E-state index contributed by atoms with van der Waals surface area (Å²) in [6.45, 7) is 12.2. The van der Waals surface area contributed by atoms with Gasteiger partial charge in [0, 0.05) is 31.1 Å². The van der Waals surface area contributed by atoms with Crippen molar-refractivity contribution < 1.29 is 42.4 Å². The van der Waals surface area contributed by atoms with Crippen molar-refractivity contribution in [3.63, 3.8) is 0 Å². The minimum atomic E-state index is -1.63. The van der Waals surface area contributed by atoms with E-state index in [1.54, 1.807) is 40.2 Å². The molecule has 0 radical (unpaired) electrons. The quantitative estimate of drug-likeness (QED) is 0.0295. The molecule has 1 aliphatic carbocycles. The Balaban J connectivity index is 1.27. The zero-order valence-corrected chi connectivity index (χ0v) is 42.1. The summed E-state index contributed by atoms with van der Waals surface area (Å²) in [5.41, 5.74) is 2.95. The fraction of sp³-hybridized carbons (Fsp3) is 0.400. The average molecular weight is 971 g/mol. The minimum Gasteiger partial charge on any atom is -0.497 e. The molecule has 4 aromatic carbocycles. The third-order valence-corrected chi connectivity index (χ3v) is 14.9. The van der Waals surface area contributed by atoms with Gasteiger partial charge in [0.25, 0.3) is 8.53 Å². The number of hydrogen-bond acceptors (Lipinski definition) is 12. The van der Waals surface area contributed by atoms with Crippen LogP contribution in [0, 0.1) is 16.7 Å². The predicted octanol–water partition coefficient (Wildman–Crippen LogP) is 10.2. The summed E-state index contributed by atoms with van der Waals surface area (Å²) >= 11 is 0. The van der Waals surface area contributed by atoms with Gasteiger partial charge < -0.3 is 37.7 Å². The number of methoxy groups -OCH3 is 2. The molecule has 0 saturated carbocycles. The van der Waals surface area contributed by atoms with Crippen molar-refractivity contribution in [3.8, 4) is 29.0 Å². The van der Waals surface area contributed by atoms with Gasteiger partial charge in [-0.05, 0) is 137 Å². The molecule has 1 amide bonds. The Hall–Kier alpha value is -6.20. The molecule has 0 spiro atoms. The van der Waals surface area contributed by atoms with E-state index in [0.29, 0.717) is 46.0 Å². The largest absolute Gasteiger partial charge is 0.497 e. The van der Waals surface area contributed by atoms with Crippen molar-refractivity contribution in [2.45, 2.75) is 103 Å². The number of carboxylic acids is 1. The lowest BCUT2D eigenvalue weighted by Crippen LogP contribution is -2.42. The Morgan fingerprint density at radius 1 is 0.886 bits per heavy atom. The smallest absolute Gasteiger partial charge is 0.309 e. The van der Waals surface area contributed by atoms with Crippen LogP contribution in [0.3, 0.4) is 0 Å². The van der Waals surface area contributed by atoms with E-state index in [1.807, 2.05) is 89.8 Å². The lowest BCUT2D eigenvalue weighted by Gasteiger charge is -2.38. The van der Waals surface area contributed by atoms with E-state index in [9.17, 15) is 20.0 Å². The molecule has 15 heteroatoms. The number of carboxylic acid groups (broad SMARTS) is 1. The Bertz CT molecular complexity index is 2740. The predicted molar refractivity (Wildman–Crippen MR) is 269 cm³/mol. The summed E-state index contributed by atoms with van der Waals surface area (Å²) in [4.78, 5) is 46.3. The number of ether oxygens (including phenoxy) is 3. The molecule has 3 atom stereocenters. The van der Waals surface area contributed by atoms with Crippen LogP contribution in [0.25, 0.3) is 22.6 Å². The number of hydrogen-bond donors (Lipinski definition) is 1. The van der Waals surface area contributed by atoms with Crippen molar-refractivity contribution in [1.82, 2.24) is 14.6 Å². The topological polar surface area (TPSA) is 174 Å². The molecular weight excluding hydrogens is 908 g/mol. The zero-order chi connectivity index (χ0) is 50.2. The van der Waals surface area contributed by atoms with E-state index < -0.39 is 37.7 Å². The minimum absolute atomic E-state index is 0.0682. The van der Waals surface area contributed by atoms with Gasteiger partial charge in [-0.15, -0.1) is 0 Å². The second-order valence-corrected chi connectivity index (χ2v) is 20.2. The van der Waals surface area contributed by atoms with Gasteiger partial charge >= 0.3 is 5.97 Å². The molecule has 1 N–H and O–H groups in total. The fourth-order valence-corrected chi connectivity index (χ4v) is 10.9. The van der Waals surface area contributed by atoms with Crippen LogP contribution < -0.4 is 14.9 Å². The van der Waals surface area contributed by atoms with Gasteiger partial charge in [0.05, 0.1) is 57.5 Å². The van der Waals surface area contributed by atoms with Gasteiger partial charge in [0.2, 0.25) is 5.91 Å². The molecule has 70 heavy (non-hydrogen) atoms. The number of aromatic nitrogens is 1. The summed E-state index contributed by atoms with van der Waals surface area (Å²) in [7, 11) is 1.62. The zero-order valence-electron chi connectivity index (χ0n) is 41.2. The fourth-order valence-electron chi connectivity index (χ4n) is 9.20. The molecule has 368 valence electrons. The van der Waals surface area contributed by atoms with E-state index in [0.717, 1.165) is 22.3 Å². The SMILES string of the molecule is COc1ccc(C(OC[C@@H]2C[C@@H](OP(OCCC#N)N(C(C)C)C(C)C)CN2C(=O)CCc2cc3nc4ccc(=O)cc-4oc3cc2CC(C)(C)C(=O)O)(c2ccccc2)c2ccc(OC)cc2)cc1. The first-order valence-corrected chi connectivity index (χ1v) is 24.8. The first-order valence-electron chi connectivity index (χ1n) is 23.7. The molecule has 3 aliphatic rings. The number of benzene rings is 5. The molecule has 0 aromatic heterocycles. The standard InChI is InChI=1S/C55H63N4O10P/c1-36(2)59(37(3)4)70(67-28-12-27-56)69-47-31-43(35-66-55(40-13-10-9-11-14-40,41-16-21-45(64-7)22-17-41)42-18-23-46(65-8)24-19-42)58(34-47)52(61)26-15-38-29-49-50(30-39(38)33-54(5,6)53(62)63)68-51-32-44(60)20-25-48(51)57-49/h9-11,13-14,16-25,29-30,32,36-37,43,47H,12,15,26,28,31,33-35H2,1-8H3,(H,62,63)/t43-,47+,70?/m0/s1. The van der Waals surface area contributed by atoms with E-state index in [1.165, 1.54) is 12.1 Å². The Kier molecular flexibility index (Phi) is 16.7. The first kappa shape index (κ1) is 51.6. The summed E-state index contributed by atoms with van der Waals surface area (Å²) in [6, 6.07) is 35.5. The highest BCUT2D eigenvalue weighted by molar-refractivity contribution is 7.44. The molecule has 4 aromatic rings. The van der Waals surface area contributed by atoms with Gasteiger partial charge in [-0.25, -0.2) is 9.65 Å². The molecular formula is C55H63N4O10P. The van der Waals surface area contributed by atoms with Gasteiger partial charge in [-0.3, -0.25) is 14.4 Å². The van der Waals surface area contributed by atoms with Gasteiger partial charge in [-0.1, -0.05) is 54.6 Å². The number of carbonyl (C=O) groups excluding carboxylic acids is 1. The van der Waals surface area contributed by atoms with Crippen molar-refractivity contribution in [3.05, 3.63) is 147 Å². The maximum absolute atomic E-state index is 15.0. The summed E-state index contributed by atoms with van der Waals surface area (Å²) in [5.74, 6) is 0.600. The van der Waals surface area contributed by atoms with E-state index in [4.69, 9.17) is 32.7 Å². The highest BCUT2D eigenvalue weighted by Gasteiger charge is 2.44. The molecule has 2 heterocycles. The van der Waals surface area contributed by atoms with Gasteiger partial charge in [0.15, 0.2) is 16.8 Å². The number of nitriles is 1. The summed E-state index contributed by atoms with van der Waals surface area (Å²) < 4.78 is 40.2. The number of aliphatic carboxylic acids is 1. The monoisotopic (exact) mass is 970 g/mol. The number of likely N-dealkylation sites (tertiary alicyclic amines) is 1. The normalized spacial score (nSPS) is 15.8. The van der Waals surface area contributed by atoms with Crippen LogP contribution in [-0.2, 0) is 41.8 Å². The van der Waals surface area contributed by atoms with Crippen LogP contribution in [0.1, 0.15) is 88.6 Å². The number of aryl methyl sites for hydroxylation is 1. The summed E-state index contributed by atoms with van der Waals surface area (Å²) in [5, 5.41) is 19.6. The maximum Gasteiger partial charge on any atom is 0.309 e. The van der Waals surface area contributed by atoms with E-state index in [-0.39, 0.29) is 68.9 Å². The Labute approximate surface area is 411 Å². The number of fused-ring (bicyclic) bond motifs is 2. The number of nitrogens with zero attached hydrogens (tertiary/aromatic N) is 4. The molecule has 1 unspecified atom stereocenters. The van der Waals surface area contributed by atoms with Crippen molar-refractivity contribution in [1.29, 1.82) is 5.26 Å². The third kappa shape index (κ3) is 11.7. The molecule has 1 saturated heterocycles. The molecule has 0 bridgehead atoms. The van der Waals surface area contributed by atoms with Crippen LogP contribution in [0.2, 0.25) is 0 Å². The third-order valence-electron chi connectivity index (χ3n) is 12.8. The molecule has 14 nitrogen and oxygen atoms in total. The second kappa shape index (κ2) is 22.7. The van der Waals surface area contributed by atoms with Gasteiger partial charge in [-0.2, -0.15) is 5.26 Å². The number of rotatable bonds is 22. The van der Waals surface area contributed by atoms with Crippen LogP contribution in [-0.4, -0.2) is 89.7 Å². The molecule has 1 fully saturated rings. The average Bonchev–Trinajstić information content (AvgIpc) is 3.75. The maximum atomic E-state index is 15.0. The second-order valence-electron chi connectivity index (χ2n) is 18.8. The van der Waals surface area contributed by atoms with Crippen molar-refractivity contribution >= 4 is 31.5 Å². The van der Waals surface area contributed by atoms with Crippen LogP contribution in [0.15, 0.2) is 118 Å². The highest BCUT2D eigenvalue weighted by atomic mass is 31.2. The Morgan fingerprint density at radius 3 is 2.10 bits per heavy atom. The lowest BCUT2D eigenvalue weighted by atomic mass is 9.80. The lowest BCUT2D eigenvalue weighted by molar-refractivity contribution is -0.146. The van der Waals surface area contributed by atoms with Gasteiger partial charge in [0.1, 0.15) is 28.3 Å². The first-order chi connectivity index (χ1) is 33.6. The van der Waals surface area contributed by atoms with Crippen LogP contribution in [0.5, 0.6) is 11.5 Å². The van der Waals surface area contributed by atoms with Crippen molar-refractivity contribution in [2.75, 3.05) is 34.0 Å². The van der Waals surface area contributed by atoms with E-state index >= 15 is 4.79 Å². The highest BCUT2D eigenvalue weighted by Crippen LogP contribution is 2.49. The summed E-state index contributed by atoms with van der Waals surface area (Å²) in [6.07, 6.45) is 0.709. The van der Waals surface area contributed by atoms with Crippen LogP contribution >= 0.6 is 8.53 Å². The van der Waals surface area contributed by atoms with Crippen molar-refractivity contribution in [2.24, 2.45) is 5.41 Å². The van der Waals surface area contributed by atoms with E-state index in [2.05, 4.69) is 38.4 Å². The number of amides is 1. The van der Waals surface area contributed by atoms with Crippen LogP contribution in [0.4, 0.5) is 0 Å². The Morgan fingerprint density at radius 2 is 1.51 bits per heavy atom. The molecule has 2 aliphatic heterocycles. The number of carbonyl (C=O) groups is 2. The molecule has 7 rings (SSSR count).